The molecule has 0 aliphatic rings. The highest BCUT2D eigenvalue weighted by atomic mass is 127. The molecule has 0 spiro atoms. The average Bonchev–Trinajstić information content (AvgIpc) is 2.36. The SMILES string of the molecule is CCCC[C@H](NC(=O)c1cc(C)ccc1I)C(=O)O. The summed E-state index contributed by atoms with van der Waals surface area (Å²) in [7, 11) is 0. The highest BCUT2D eigenvalue weighted by Gasteiger charge is 2.21. The topological polar surface area (TPSA) is 66.4 Å². The third-order valence-electron chi connectivity index (χ3n) is 2.82. The molecule has 1 rings (SSSR count). The first kappa shape index (κ1) is 15.9. The maximum atomic E-state index is 12.1. The van der Waals surface area contributed by atoms with Crippen LogP contribution in [0.1, 0.15) is 42.1 Å². The molecule has 0 bridgehead atoms. The van der Waals surface area contributed by atoms with Crippen LogP contribution in [0.5, 0.6) is 0 Å². The van der Waals surface area contributed by atoms with Gasteiger partial charge in [-0.15, -0.1) is 0 Å². The van der Waals surface area contributed by atoms with Crippen molar-refractivity contribution in [3.05, 3.63) is 32.9 Å². The number of unbranched alkanes of at least 4 members (excludes halogenated alkanes) is 1. The second kappa shape index (κ2) is 7.47. The van der Waals surface area contributed by atoms with E-state index < -0.39 is 12.0 Å². The van der Waals surface area contributed by atoms with Gasteiger partial charge in [-0.3, -0.25) is 4.79 Å². The number of carboxylic acids is 1. The van der Waals surface area contributed by atoms with Gasteiger partial charge in [0.05, 0.1) is 5.56 Å². The fraction of sp³-hybridized carbons (Fsp3) is 0.429. The average molecular weight is 375 g/mol. The van der Waals surface area contributed by atoms with E-state index in [1.54, 1.807) is 6.07 Å². The van der Waals surface area contributed by atoms with Crippen molar-refractivity contribution in [3.63, 3.8) is 0 Å². The molecule has 1 amide bonds. The van der Waals surface area contributed by atoms with Crippen molar-refractivity contribution in [2.75, 3.05) is 0 Å². The van der Waals surface area contributed by atoms with Gasteiger partial charge in [-0.25, -0.2) is 4.79 Å². The van der Waals surface area contributed by atoms with E-state index in [2.05, 4.69) is 27.9 Å². The van der Waals surface area contributed by atoms with Crippen LogP contribution in [0.4, 0.5) is 0 Å². The monoisotopic (exact) mass is 375 g/mol. The van der Waals surface area contributed by atoms with E-state index in [1.807, 2.05) is 26.0 Å². The minimum absolute atomic E-state index is 0.323. The maximum Gasteiger partial charge on any atom is 0.326 e. The van der Waals surface area contributed by atoms with E-state index in [-0.39, 0.29) is 5.91 Å². The Hall–Kier alpha value is -1.11. The molecule has 0 saturated heterocycles. The van der Waals surface area contributed by atoms with Gasteiger partial charge in [0.1, 0.15) is 6.04 Å². The Morgan fingerprint density at radius 2 is 2.11 bits per heavy atom. The molecule has 0 aliphatic carbocycles. The van der Waals surface area contributed by atoms with Crippen molar-refractivity contribution < 1.29 is 14.7 Å². The number of carbonyl (C=O) groups excluding carboxylic acids is 1. The predicted molar refractivity (Wildman–Crippen MR) is 82.3 cm³/mol. The maximum absolute atomic E-state index is 12.1. The molecule has 0 heterocycles. The third-order valence-corrected chi connectivity index (χ3v) is 3.76. The normalized spacial score (nSPS) is 11.9. The van der Waals surface area contributed by atoms with Gasteiger partial charge in [0, 0.05) is 3.57 Å². The highest BCUT2D eigenvalue weighted by molar-refractivity contribution is 14.1. The molecule has 0 aliphatic heterocycles. The first-order chi connectivity index (χ1) is 8.95. The molecule has 0 radical (unpaired) electrons. The van der Waals surface area contributed by atoms with Gasteiger partial charge in [-0.05, 0) is 48.1 Å². The van der Waals surface area contributed by atoms with Crippen molar-refractivity contribution in [3.8, 4) is 0 Å². The first-order valence-electron chi connectivity index (χ1n) is 6.25. The summed E-state index contributed by atoms with van der Waals surface area (Å²) in [5.74, 6) is -1.30. The molecule has 2 N–H and O–H groups in total. The zero-order valence-corrected chi connectivity index (χ0v) is 13.2. The molecule has 0 saturated carbocycles. The van der Waals surface area contributed by atoms with Crippen LogP contribution in [-0.4, -0.2) is 23.0 Å². The lowest BCUT2D eigenvalue weighted by molar-refractivity contribution is -0.139. The number of halogens is 1. The van der Waals surface area contributed by atoms with Crippen molar-refractivity contribution in [2.45, 2.75) is 39.2 Å². The summed E-state index contributed by atoms with van der Waals surface area (Å²) in [6, 6.07) is 4.73. The quantitative estimate of drug-likeness (QED) is 0.752. The molecule has 1 aromatic rings. The van der Waals surface area contributed by atoms with Gasteiger partial charge in [0.2, 0.25) is 0 Å². The second-order valence-electron chi connectivity index (χ2n) is 4.49. The summed E-state index contributed by atoms with van der Waals surface area (Å²) < 4.78 is 0.820. The van der Waals surface area contributed by atoms with Crippen molar-refractivity contribution in [1.82, 2.24) is 5.32 Å². The smallest absolute Gasteiger partial charge is 0.326 e. The lowest BCUT2D eigenvalue weighted by atomic mass is 10.1. The lowest BCUT2D eigenvalue weighted by Gasteiger charge is -2.15. The van der Waals surface area contributed by atoms with Gasteiger partial charge in [-0.1, -0.05) is 31.4 Å². The molecule has 0 aromatic heterocycles. The lowest BCUT2D eigenvalue weighted by Crippen LogP contribution is -2.41. The van der Waals surface area contributed by atoms with E-state index in [0.29, 0.717) is 12.0 Å². The largest absolute Gasteiger partial charge is 0.480 e. The minimum atomic E-state index is -0.982. The standard InChI is InChI=1S/C14H18INO3/c1-3-4-5-12(14(18)19)16-13(17)10-8-9(2)6-7-11(10)15/h6-8,12H,3-5H2,1-2H3,(H,16,17)(H,18,19)/t12-/m0/s1. The van der Waals surface area contributed by atoms with Crippen LogP contribution in [-0.2, 0) is 4.79 Å². The third kappa shape index (κ3) is 4.81. The molecule has 1 atom stereocenters. The zero-order chi connectivity index (χ0) is 14.4. The number of carboxylic acid groups (broad SMARTS) is 1. The number of rotatable bonds is 6. The first-order valence-corrected chi connectivity index (χ1v) is 7.33. The van der Waals surface area contributed by atoms with Gasteiger partial charge in [0.25, 0.3) is 5.91 Å². The summed E-state index contributed by atoms with van der Waals surface area (Å²) in [4.78, 5) is 23.2. The summed E-state index contributed by atoms with van der Waals surface area (Å²) >= 11 is 2.08. The molecule has 0 unspecified atom stereocenters. The Kier molecular flexibility index (Phi) is 6.27. The molecule has 1 aromatic carbocycles. The Labute approximate surface area is 126 Å². The molecule has 104 valence electrons. The Bertz CT molecular complexity index is 474. The van der Waals surface area contributed by atoms with Crippen molar-refractivity contribution in [1.29, 1.82) is 0 Å². The number of carbonyl (C=O) groups is 2. The molecule has 19 heavy (non-hydrogen) atoms. The fourth-order valence-electron chi connectivity index (χ4n) is 1.71. The summed E-state index contributed by atoms with van der Waals surface area (Å²) in [6.45, 7) is 3.89. The Morgan fingerprint density at radius 1 is 1.42 bits per heavy atom. The minimum Gasteiger partial charge on any atom is -0.480 e. The Balaban J connectivity index is 2.81. The summed E-state index contributed by atoms with van der Waals surface area (Å²) in [5.41, 5.74) is 1.51. The fourth-order valence-corrected chi connectivity index (χ4v) is 2.30. The molecule has 4 nitrogen and oxygen atoms in total. The summed E-state index contributed by atoms with van der Waals surface area (Å²) in [5, 5.41) is 11.7. The van der Waals surface area contributed by atoms with Crippen molar-refractivity contribution in [2.24, 2.45) is 0 Å². The van der Waals surface area contributed by atoms with Crippen LogP contribution in [0.2, 0.25) is 0 Å². The van der Waals surface area contributed by atoms with Gasteiger partial charge in [0.15, 0.2) is 0 Å². The second-order valence-corrected chi connectivity index (χ2v) is 5.65. The van der Waals surface area contributed by atoms with Gasteiger partial charge in [-0.2, -0.15) is 0 Å². The predicted octanol–water partition coefficient (Wildman–Crippen LogP) is 2.97. The highest BCUT2D eigenvalue weighted by Crippen LogP contribution is 2.14. The van der Waals surface area contributed by atoms with E-state index in [4.69, 9.17) is 5.11 Å². The van der Waals surface area contributed by atoms with Crippen LogP contribution in [0.15, 0.2) is 18.2 Å². The number of aryl methyl sites for hydroxylation is 1. The van der Waals surface area contributed by atoms with Crippen LogP contribution in [0, 0.1) is 10.5 Å². The van der Waals surface area contributed by atoms with E-state index >= 15 is 0 Å². The number of hydrogen-bond acceptors (Lipinski definition) is 2. The molecule has 0 fully saturated rings. The van der Waals surface area contributed by atoms with Crippen LogP contribution in [0.25, 0.3) is 0 Å². The number of nitrogens with one attached hydrogen (secondary N) is 1. The number of hydrogen-bond donors (Lipinski definition) is 2. The number of amides is 1. The van der Waals surface area contributed by atoms with E-state index in [1.165, 1.54) is 0 Å². The van der Waals surface area contributed by atoms with Crippen LogP contribution >= 0.6 is 22.6 Å². The summed E-state index contributed by atoms with van der Waals surface area (Å²) in [6.07, 6.45) is 2.14. The molecular weight excluding hydrogens is 357 g/mol. The Morgan fingerprint density at radius 3 is 2.68 bits per heavy atom. The number of aliphatic carboxylic acids is 1. The number of benzene rings is 1. The molecular formula is C14H18INO3. The van der Waals surface area contributed by atoms with Crippen LogP contribution in [0.3, 0.4) is 0 Å². The van der Waals surface area contributed by atoms with Gasteiger partial charge < -0.3 is 10.4 Å². The van der Waals surface area contributed by atoms with Crippen LogP contribution < -0.4 is 5.32 Å². The zero-order valence-electron chi connectivity index (χ0n) is 11.1. The van der Waals surface area contributed by atoms with E-state index in [0.717, 1.165) is 22.0 Å². The van der Waals surface area contributed by atoms with Gasteiger partial charge >= 0.3 is 5.97 Å². The van der Waals surface area contributed by atoms with E-state index in [9.17, 15) is 9.59 Å². The van der Waals surface area contributed by atoms with Crippen molar-refractivity contribution >= 4 is 34.5 Å². The molecule has 5 heteroatoms.